The van der Waals surface area contributed by atoms with Crippen LogP contribution in [0.2, 0.25) is 0 Å². The highest BCUT2D eigenvalue weighted by Gasteiger charge is 2.43. The summed E-state index contributed by atoms with van der Waals surface area (Å²) in [6.07, 6.45) is -3.40. The number of likely N-dealkylation sites (tertiary alicyclic amines) is 1. The molecule has 0 saturated carbocycles. The first-order valence-corrected chi connectivity index (χ1v) is 5.62. The van der Waals surface area contributed by atoms with Gasteiger partial charge in [0, 0.05) is 19.5 Å². The third-order valence-electron chi connectivity index (χ3n) is 3.19. The molecule has 0 radical (unpaired) electrons. The first kappa shape index (κ1) is 14.2. The zero-order chi connectivity index (χ0) is 13.1. The van der Waals surface area contributed by atoms with Gasteiger partial charge in [0.15, 0.2) is 0 Å². The van der Waals surface area contributed by atoms with Gasteiger partial charge in [0.1, 0.15) is 6.04 Å². The first-order chi connectivity index (χ1) is 7.90. The first-order valence-electron chi connectivity index (χ1n) is 5.62. The van der Waals surface area contributed by atoms with E-state index in [-0.39, 0.29) is 24.9 Å². The Bertz CT molecular complexity index is 262. The van der Waals surface area contributed by atoms with Crippen LogP contribution in [0.4, 0.5) is 13.2 Å². The molecule has 1 aliphatic heterocycles. The summed E-state index contributed by atoms with van der Waals surface area (Å²) >= 11 is 0. The smallest absolute Gasteiger partial charge is 0.359 e. The molecule has 3 N–H and O–H groups in total. The standard InChI is InChI=1S/C10H18F3N3O/c1-15-9(17)7-2-4-16(5-3-7)8(6-14)10(11,12)13/h7-8H,2-6,14H2,1H3,(H,15,17)/t8-/m0/s1. The average molecular weight is 253 g/mol. The summed E-state index contributed by atoms with van der Waals surface area (Å²) in [5, 5.41) is 2.52. The molecule has 100 valence electrons. The van der Waals surface area contributed by atoms with Crippen LogP contribution in [0, 0.1) is 5.92 Å². The number of piperidine rings is 1. The highest BCUT2D eigenvalue weighted by molar-refractivity contribution is 5.78. The summed E-state index contributed by atoms with van der Waals surface area (Å²) < 4.78 is 37.9. The Balaban J connectivity index is 2.53. The van der Waals surface area contributed by atoms with E-state index < -0.39 is 18.8 Å². The molecule has 17 heavy (non-hydrogen) atoms. The van der Waals surface area contributed by atoms with E-state index in [1.54, 1.807) is 0 Å². The molecule has 1 atom stereocenters. The minimum Gasteiger partial charge on any atom is -0.359 e. The molecule has 0 bridgehead atoms. The molecule has 0 unspecified atom stereocenters. The summed E-state index contributed by atoms with van der Waals surface area (Å²) in [6.45, 7) is 0.0903. The van der Waals surface area contributed by atoms with Gasteiger partial charge in [-0.25, -0.2) is 0 Å². The van der Waals surface area contributed by atoms with Crippen molar-refractivity contribution in [3.63, 3.8) is 0 Å². The van der Waals surface area contributed by atoms with E-state index in [1.807, 2.05) is 0 Å². The van der Waals surface area contributed by atoms with E-state index in [2.05, 4.69) is 5.32 Å². The van der Waals surface area contributed by atoms with Crippen molar-refractivity contribution in [2.75, 3.05) is 26.7 Å². The number of alkyl halides is 3. The minimum absolute atomic E-state index is 0.0963. The van der Waals surface area contributed by atoms with Gasteiger partial charge in [-0.1, -0.05) is 0 Å². The largest absolute Gasteiger partial charge is 0.405 e. The SMILES string of the molecule is CNC(=O)C1CCN([C@@H](CN)C(F)(F)F)CC1. The van der Waals surface area contributed by atoms with Crippen molar-refractivity contribution in [2.24, 2.45) is 11.7 Å². The molecule has 1 amide bonds. The van der Waals surface area contributed by atoms with Crippen molar-refractivity contribution in [1.82, 2.24) is 10.2 Å². The number of nitrogens with zero attached hydrogens (tertiary/aromatic N) is 1. The minimum atomic E-state index is -4.30. The van der Waals surface area contributed by atoms with Gasteiger partial charge in [0.05, 0.1) is 0 Å². The molecular formula is C10H18F3N3O. The van der Waals surface area contributed by atoms with E-state index in [0.717, 1.165) is 0 Å². The maximum absolute atomic E-state index is 12.6. The van der Waals surface area contributed by atoms with Crippen LogP contribution >= 0.6 is 0 Å². The molecule has 0 aromatic heterocycles. The molecule has 1 fully saturated rings. The maximum atomic E-state index is 12.6. The zero-order valence-electron chi connectivity index (χ0n) is 9.76. The van der Waals surface area contributed by atoms with Crippen molar-refractivity contribution in [3.8, 4) is 0 Å². The Morgan fingerprint density at radius 2 is 2.00 bits per heavy atom. The Morgan fingerprint density at radius 3 is 2.35 bits per heavy atom. The monoisotopic (exact) mass is 253 g/mol. The molecule has 7 heteroatoms. The Morgan fingerprint density at radius 1 is 1.47 bits per heavy atom. The molecule has 0 aromatic rings. The van der Waals surface area contributed by atoms with Crippen molar-refractivity contribution in [1.29, 1.82) is 0 Å². The Kier molecular flexibility index (Phi) is 4.76. The second kappa shape index (κ2) is 5.68. The fraction of sp³-hybridized carbons (Fsp3) is 0.900. The molecule has 1 rings (SSSR count). The lowest BCUT2D eigenvalue weighted by Crippen LogP contribution is -2.53. The van der Waals surface area contributed by atoms with Crippen LogP contribution in [-0.2, 0) is 4.79 Å². The third kappa shape index (κ3) is 3.57. The van der Waals surface area contributed by atoms with Gasteiger partial charge in [-0.15, -0.1) is 0 Å². The number of hydrogen-bond donors (Lipinski definition) is 2. The van der Waals surface area contributed by atoms with Crippen LogP contribution in [0.25, 0.3) is 0 Å². The van der Waals surface area contributed by atoms with Crippen LogP contribution in [0.3, 0.4) is 0 Å². The van der Waals surface area contributed by atoms with Gasteiger partial charge < -0.3 is 11.1 Å². The molecular weight excluding hydrogens is 235 g/mol. The van der Waals surface area contributed by atoms with Crippen LogP contribution in [-0.4, -0.2) is 49.7 Å². The molecule has 0 aromatic carbocycles. The van der Waals surface area contributed by atoms with Gasteiger partial charge in [-0.3, -0.25) is 9.69 Å². The fourth-order valence-corrected chi connectivity index (χ4v) is 2.17. The van der Waals surface area contributed by atoms with Crippen LogP contribution in [0.5, 0.6) is 0 Å². The maximum Gasteiger partial charge on any atom is 0.405 e. The molecule has 4 nitrogen and oxygen atoms in total. The molecule has 1 aliphatic rings. The summed E-state index contributed by atoms with van der Waals surface area (Å²) in [5.74, 6) is -0.274. The fourth-order valence-electron chi connectivity index (χ4n) is 2.17. The van der Waals surface area contributed by atoms with Gasteiger partial charge in [-0.2, -0.15) is 13.2 Å². The van der Waals surface area contributed by atoms with Crippen molar-refractivity contribution < 1.29 is 18.0 Å². The Labute approximate surface area is 98.3 Å². The van der Waals surface area contributed by atoms with Crippen molar-refractivity contribution in [2.45, 2.75) is 25.1 Å². The van der Waals surface area contributed by atoms with Crippen LogP contribution in [0.1, 0.15) is 12.8 Å². The summed E-state index contributed by atoms with van der Waals surface area (Å²) in [7, 11) is 1.53. The number of nitrogens with two attached hydrogens (primary N) is 1. The molecule has 1 heterocycles. The summed E-state index contributed by atoms with van der Waals surface area (Å²) in [5.41, 5.74) is 5.17. The van der Waals surface area contributed by atoms with Gasteiger partial charge in [-0.05, 0) is 25.9 Å². The predicted molar refractivity (Wildman–Crippen MR) is 57.3 cm³/mol. The number of hydrogen-bond acceptors (Lipinski definition) is 3. The van der Waals surface area contributed by atoms with Gasteiger partial charge in [0.2, 0.25) is 5.91 Å². The number of carbonyl (C=O) groups excluding carboxylic acids is 1. The topological polar surface area (TPSA) is 58.4 Å². The van der Waals surface area contributed by atoms with E-state index in [0.29, 0.717) is 12.8 Å². The quantitative estimate of drug-likeness (QED) is 0.762. The summed E-state index contributed by atoms with van der Waals surface area (Å²) in [6, 6.07) is -1.59. The number of amides is 1. The van der Waals surface area contributed by atoms with Gasteiger partial charge in [0.25, 0.3) is 0 Å². The Hall–Kier alpha value is -0.820. The second-order valence-electron chi connectivity index (χ2n) is 4.22. The predicted octanol–water partition coefficient (Wildman–Crippen LogP) is 0.334. The molecule has 0 aliphatic carbocycles. The van der Waals surface area contributed by atoms with Crippen LogP contribution in [0.15, 0.2) is 0 Å². The highest BCUT2D eigenvalue weighted by Crippen LogP contribution is 2.28. The number of halogens is 3. The second-order valence-corrected chi connectivity index (χ2v) is 4.22. The number of carbonyl (C=O) groups is 1. The average Bonchev–Trinajstić information content (AvgIpc) is 2.28. The normalized spacial score (nSPS) is 21.2. The van der Waals surface area contributed by atoms with Crippen LogP contribution < -0.4 is 11.1 Å². The highest BCUT2D eigenvalue weighted by atomic mass is 19.4. The van der Waals surface area contributed by atoms with E-state index in [1.165, 1.54) is 11.9 Å². The lowest BCUT2D eigenvalue weighted by molar-refractivity contribution is -0.184. The molecule has 0 spiro atoms. The van der Waals surface area contributed by atoms with Gasteiger partial charge >= 0.3 is 6.18 Å². The van der Waals surface area contributed by atoms with Crippen molar-refractivity contribution in [3.05, 3.63) is 0 Å². The number of nitrogens with one attached hydrogen (secondary N) is 1. The lowest BCUT2D eigenvalue weighted by atomic mass is 9.95. The van der Waals surface area contributed by atoms with E-state index >= 15 is 0 Å². The number of rotatable bonds is 3. The summed E-state index contributed by atoms with van der Waals surface area (Å²) in [4.78, 5) is 12.7. The van der Waals surface area contributed by atoms with Crippen molar-refractivity contribution >= 4 is 5.91 Å². The third-order valence-corrected chi connectivity index (χ3v) is 3.19. The lowest BCUT2D eigenvalue weighted by Gasteiger charge is -2.37. The zero-order valence-corrected chi connectivity index (χ0v) is 9.76. The van der Waals surface area contributed by atoms with E-state index in [9.17, 15) is 18.0 Å². The molecule has 1 saturated heterocycles. The van der Waals surface area contributed by atoms with E-state index in [4.69, 9.17) is 5.73 Å².